The molecule has 3 aromatic rings. The number of aromatic nitrogens is 4. The summed E-state index contributed by atoms with van der Waals surface area (Å²) < 4.78 is 41.6. The standard InChI is InChI=1S/C19H20F3N5O/c1-3-27-9-12(10-4-5-10)14-16(18(27)28)25-26(2)17(14)15(23)11-6-7-13(24-8-11)19(20,21)22/h6-10,15H,3-5,23H2,1-2H3/t15-/m1/s1. The van der Waals surface area contributed by atoms with Gasteiger partial charge in [-0.25, -0.2) is 0 Å². The van der Waals surface area contributed by atoms with Gasteiger partial charge in [0.1, 0.15) is 5.69 Å². The molecule has 0 bridgehead atoms. The summed E-state index contributed by atoms with van der Waals surface area (Å²) in [5, 5.41) is 5.11. The first-order chi connectivity index (χ1) is 13.2. The van der Waals surface area contributed by atoms with Gasteiger partial charge in [0.2, 0.25) is 0 Å². The molecular formula is C19H20F3N5O. The van der Waals surface area contributed by atoms with Crippen LogP contribution in [0.4, 0.5) is 13.2 Å². The molecule has 1 aliphatic carbocycles. The lowest BCUT2D eigenvalue weighted by molar-refractivity contribution is -0.141. The van der Waals surface area contributed by atoms with Crippen molar-refractivity contribution in [3.05, 3.63) is 57.4 Å². The maximum absolute atomic E-state index is 12.8. The van der Waals surface area contributed by atoms with Crippen LogP contribution < -0.4 is 11.3 Å². The van der Waals surface area contributed by atoms with Crippen molar-refractivity contribution >= 4 is 10.9 Å². The highest BCUT2D eigenvalue weighted by Crippen LogP contribution is 2.44. The Bertz CT molecular complexity index is 1090. The van der Waals surface area contributed by atoms with Gasteiger partial charge in [0.15, 0.2) is 5.52 Å². The second-order valence-corrected chi connectivity index (χ2v) is 7.13. The van der Waals surface area contributed by atoms with Crippen molar-refractivity contribution in [2.24, 2.45) is 12.8 Å². The lowest BCUT2D eigenvalue weighted by atomic mass is 9.99. The number of nitrogens with zero attached hydrogens (tertiary/aromatic N) is 4. The lowest BCUT2D eigenvalue weighted by Gasteiger charge is -2.16. The zero-order valence-corrected chi connectivity index (χ0v) is 15.5. The normalized spacial score (nSPS) is 15.9. The van der Waals surface area contributed by atoms with E-state index in [0.29, 0.717) is 34.6 Å². The molecule has 0 unspecified atom stereocenters. The molecule has 0 saturated heterocycles. The molecule has 1 aliphatic rings. The van der Waals surface area contributed by atoms with E-state index in [2.05, 4.69) is 10.1 Å². The molecule has 4 rings (SSSR count). The van der Waals surface area contributed by atoms with Gasteiger partial charge in [0.05, 0.1) is 11.7 Å². The maximum atomic E-state index is 12.8. The van der Waals surface area contributed by atoms with Gasteiger partial charge in [0, 0.05) is 31.4 Å². The van der Waals surface area contributed by atoms with Crippen LogP contribution in [-0.4, -0.2) is 19.3 Å². The molecule has 3 heterocycles. The number of fused-ring (bicyclic) bond motifs is 1. The van der Waals surface area contributed by atoms with Crippen molar-refractivity contribution in [3.8, 4) is 0 Å². The summed E-state index contributed by atoms with van der Waals surface area (Å²) >= 11 is 0. The zero-order chi connectivity index (χ0) is 20.2. The zero-order valence-electron chi connectivity index (χ0n) is 15.5. The second kappa shape index (κ2) is 6.44. The Morgan fingerprint density at radius 3 is 2.57 bits per heavy atom. The van der Waals surface area contributed by atoms with Crippen LogP contribution in [0.15, 0.2) is 29.3 Å². The first kappa shape index (κ1) is 18.7. The van der Waals surface area contributed by atoms with Crippen molar-refractivity contribution in [1.29, 1.82) is 0 Å². The third-order valence-corrected chi connectivity index (χ3v) is 5.23. The number of hydrogen-bond acceptors (Lipinski definition) is 4. The molecule has 1 saturated carbocycles. The van der Waals surface area contributed by atoms with E-state index < -0.39 is 17.9 Å². The molecule has 0 aromatic carbocycles. The van der Waals surface area contributed by atoms with E-state index in [0.717, 1.165) is 30.7 Å². The molecule has 0 aliphatic heterocycles. The number of hydrogen-bond donors (Lipinski definition) is 1. The van der Waals surface area contributed by atoms with E-state index in [-0.39, 0.29) is 5.56 Å². The maximum Gasteiger partial charge on any atom is 0.433 e. The second-order valence-electron chi connectivity index (χ2n) is 7.13. The van der Waals surface area contributed by atoms with E-state index in [1.807, 2.05) is 13.1 Å². The molecule has 6 nitrogen and oxygen atoms in total. The Morgan fingerprint density at radius 2 is 2.04 bits per heavy atom. The molecule has 3 aromatic heterocycles. The summed E-state index contributed by atoms with van der Waals surface area (Å²) in [7, 11) is 1.69. The van der Waals surface area contributed by atoms with Crippen molar-refractivity contribution < 1.29 is 13.2 Å². The monoisotopic (exact) mass is 391 g/mol. The van der Waals surface area contributed by atoms with E-state index in [9.17, 15) is 18.0 Å². The highest BCUT2D eigenvalue weighted by molar-refractivity contribution is 5.86. The average Bonchev–Trinajstić information content (AvgIpc) is 3.43. The first-order valence-corrected chi connectivity index (χ1v) is 9.11. The van der Waals surface area contributed by atoms with Crippen LogP contribution in [0.5, 0.6) is 0 Å². The van der Waals surface area contributed by atoms with Gasteiger partial charge in [-0.05, 0) is 42.9 Å². The highest BCUT2D eigenvalue weighted by Gasteiger charge is 2.33. The number of pyridine rings is 2. The molecule has 0 radical (unpaired) electrons. The van der Waals surface area contributed by atoms with Gasteiger partial charge in [-0.1, -0.05) is 6.07 Å². The third kappa shape index (κ3) is 2.99. The summed E-state index contributed by atoms with van der Waals surface area (Å²) in [6.07, 6.45) is 0.554. The number of rotatable bonds is 4. The molecule has 0 spiro atoms. The van der Waals surface area contributed by atoms with Crippen LogP contribution in [0.2, 0.25) is 0 Å². The van der Waals surface area contributed by atoms with Crippen LogP contribution >= 0.6 is 0 Å². The smallest absolute Gasteiger partial charge is 0.319 e. The summed E-state index contributed by atoms with van der Waals surface area (Å²) in [5.74, 6) is 0.349. The van der Waals surface area contributed by atoms with Gasteiger partial charge < -0.3 is 10.3 Å². The molecular weight excluding hydrogens is 371 g/mol. The molecule has 9 heteroatoms. The van der Waals surface area contributed by atoms with Crippen LogP contribution in [0, 0.1) is 0 Å². The molecule has 148 valence electrons. The highest BCUT2D eigenvalue weighted by atomic mass is 19.4. The molecule has 1 atom stereocenters. The van der Waals surface area contributed by atoms with Crippen LogP contribution in [-0.2, 0) is 19.8 Å². The summed E-state index contributed by atoms with van der Waals surface area (Å²) in [6, 6.07) is 1.49. The van der Waals surface area contributed by atoms with Gasteiger partial charge in [-0.15, -0.1) is 0 Å². The summed E-state index contributed by atoms with van der Waals surface area (Å²) in [6.45, 7) is 2.43. The predicted molar refractivity (Wildman–Crippen MR) is 97.9 cm³/mol. The molecule has 1 fully saturated rings. The van der Waals surface area contributed by atoms with E-state index in [1.54, 1.807) is 16.3 Å². The van der Waals surface area contributed by atoms with Gasteiger partial charge in [0.25, 0.3) is 5.56 Å². The van der Waals surface area contributed by atoms with E-state index in [4.69, 9.17) is 5.73 Å². The fourth-order valence-corrected chi connectivity index (χ4v) is 3.61. The minimum atomic E-state index is -4.51. The quantitative estimate of drug-likeness (QED) is 0.741. The van der Waals surface area contributed by atoms with E-state index >= 15 is 0 Å². The topological polar surface area (TPSA) is 78.7 Å². The van der Waals surface area contributed by atoms with Gasteiger partial charge in [-0.3, -0.25) is 14.5 Å². The Hall–Kier alpha value is -2.68. The third-order valence-electron chi connectivity index (χ3n) is 5.23. The average molecular weight is 391 g/mol. The lowest BCUT2D eigenvalue weighted by Crippen LogP contribution is -2.20. The molecule has 0 amide bonds. The Morgan fingerprint density at radius 1 is 1.32 bits per heavy atom. The Kier molecular flexibility index (Phi) is 4.29. The van der Waals surface area contributed by atoms with Crippen LogP contribution in [0.1, 0.15) is 54.2 Å². The number of aryl methyl sites for hydroxylation is 2. The van der Waals surface area contributed by atoms with E-state index in [1.165, 1.54) is 6.07 Å². The SMILES string of the molecule is CCn1cc(C2CC2)c2c([C@H](N)c3ccc(C(F)(F)F)nc3)n(C)nc2c1=O. The van der Waals surface area contributed by atoms with Crippen LogP contribution in [0.25, 0.3) is 10.9 Å². The Labute approximate surface area is 158 Å². The summed E-state index contributed by atoms with van der Waals surface area (Å²) in [4.78, 5) is 16.2. The van der Waals surface area contributed by atoms with Crippen molar-refractivity contribution in [2.75, 3.05) is 0 Å². The minimum absolute atomic E-state index is 0.193. The Balaban J connectivity index is 1.88. The number of alkyl halides is 3. The number of nitrogens with two attached hydrogens (primary N) is 1. The van der Waals surface area contributed by atoms with Crippen LogP contribution in [0.3, 0.4) is 0 Å². The summed E-state index contributed by atoms with van der Waals surface area (Å²) in [5.41, 5.74) is 7.65. The van der Waals surface area contributed by atoms with Crippen molar-refractivity contribution in [1.82, 2.24) is 19.3 Å². The molecule has 2 N–H and O–H groups in total. The van der Waals surface area contributed by atoms with Gasteiger partial charge >= 0.3 is 6.18 Å². The molecule has 28 heavy (non-hydrogen) atoms. The fraction of sp³-hybridized carbons (Fsp3) is 0.421. The van der Waals surface area contributed by atoms with Crippen molar-refractivity contribution in [3.63, 3.8) is 0 Å². The van der Waals surface area contributed by atoms with Gasteiger partial charge in [-0.2, -0.15) is 18.3 Å². The fourth-order valence-electron chi connectivity index (χ4n) is 3.61. The first-order valence-electron chi connectivity index (χ1n) is 9.11. The minimum Gasteiger partial charge on any atom is -0.319 e. The largest absolute Gasteiger partial charge is 0.433 e. The predicted octanol–water partition coefficient (Wildman–Crippen LogP) is 3.09. The van der Waals surface area contributed by atoms with Crippen molar-refractivity contribution in [2.45, 2.75) is 44.4 Å². The number of halogens is 3.